The molecule has 0 amide bonds. The van der Waals surface area contributed by atoms with Gasteiger partial charge in [-0.3, -0.25) is 4.55 Å². The van der Waals surface area contributed by atoms with Crippen LogP contribution in [0, 0.1) is 0 Å². The zero-order valence-corrected chi connectivity index (χ0v) is 20.6. The summed E-state index contributed by atoms with van der Waals surface area (Å²) in [5.41, 5.74) is 5.24. The van der Waals surface area contributed by atoms with Crippen LogP contribution >= 0.6 is 0 Å². The highest BCUT2D eigenvalue weighted by atomic mass is 32.2. The average molecular weight is 466 g/mol. The lowest BCUT2D eigenvalue weighted by Crippen LogP contribution is -2.21. The molecule has 5 nitrogen and oxygen atoms in total. The minimum absolute atomic E-state index is 0.0966. The summed E-state index contributed by atoms with van der Waals surface area (Å²) in [6.45, 7) is 12.1. The standard InChI is InChI=1S/C27H32N2O3S/c1-5-28(6-2)23-17-13-21(14-18-23)27(25-11-9-10-12-26(25)33(30,31)32)22-15-19-24(20-16-22)29(7-3)8-4/h9-20H,5-8H2,1-4H3/p+1. The Morgan fingerprint density at radius 3 is 1.94 bits per heavy atom. The number of anilines is 1. The SMILES string of the molecule is CCN(CC)c1ccc(C(=C2C=CC(=[N+](CC)CC)C=C2)c2ccccc2S(=O)(=O)O)cc1. The molecular formula is C27H33N2O3S+. The fourth-order valence-corrected chi connectivity index (χ4v) is 4.93. The van der Waals surface area contributed by atoms with Gasteiger partial charge >= 0.3 is 0 Å². The molecule has 0 unspecified atom stereocenters. The molecule has 1 aliphatic carbocycles. The monoisotopic (exact) mass is 465 g/mol. The molecule has 0 aromatic heterocycles. The lowest BCUT2D eigenvalue weighted by Gasteiger charge is -2.22. The fourth-order valence-electron chi connectivity index (χ4n) is 4.23. The van der Waals surface area contributed by atoms with Crippen LogP contribution in [0.25, 0.3) is 5.57 Å². The van der Waals surface area contributed by atoms with E-state index in [9.17, 15) is 13.0 Å². The molecule has 2 aromatic rings. The lowest BCUT2D eigenvalue weighted by atomic mass is 9.90. The van der Waals surface area contributed by atoms with Gasteiger partial charge < -0.3 is 4.90 Å². The molecule has 6 heteroatoms. The Balaban J connectivity index is 2.23. The summed E-state index contributed by atoms with van der Waals surface area (Å²) in [7, 11) is -4.39. The first-order chi connectivity index (χ1) is 15.8. The fraction of sp³-hybridized carbons (Fsp3) is 0.296. The molecule has 0 atom stereocenters. The number of nitrogens with zero attached hydrogens (tertiary/aromatic N) is 2. The van der Waals surface area contributed by atoms with E-state index in [-0.39, 0.29) is 4.90 Å². The predicted molar refractivity (Wildman–Crippen MR) is 137 cm³/mol. The Morgan fingerprint density at radius 2 is 1.42 bits per heavy atom. The summed E-state index contributed by atoms with van der Waals surface area (Å²) >= 11 is 0. The topological polar surface area (TPSA) is 60.6 Å². The summed E-state index contributed by atoms with van der Waals surface area (Å²) in [5, 5.41) is 0. The summed E-state index contributed by atoms with van der Waals surface area (Å²) in [6, 6.07) is 14.7. The van der Waals surface area contributed by atoms with Crippen molar-refractivity contribution in [2.24, 2.45) is 0 Å². The molecule has 33 heavy (non-hydrogen) atoms. The zero-order valence-electron chi connectivity index (χ0n) is 19.8. The predicted octanol–water partition coefficient (Wildman–Crippen LogP) is 5.20. The first-order valence-electron chi connectivity index (χ1n) is 11.5. The Hall–Kier alpha value is -2.96. The highest BCUT2D eigenvalue weighted by Crippen LogP contribution is 2.34. The van der Waals surface area contributed by atoms with Crippen molar-refractivity contribution in [3.8, 4) is 0 Å². The Morgan fingerprint density at radius 1 is 0.848 bits per heavy atom. The van der Waals surface area contributed by atoms with Gasteiger partial charge in [0.1, 0.15) is 18.0 Å². The molecule has 0 heterocycles. The van der Waals surface area contributed by atoms with Crippen molar-refractivity contribution in [2.45, 2.75) is 32.6 Å². The summed E-state index contributed by atoms with van der Waals surface area (Å²) in [5.74, 6) is 0. The van der Waals surface area contributed by atoms with Crippen molar-refractivity contribution in [1.82, 2.24) is 0 Å². The van der Waals surface area contributed by atoms with Crippen LogP contribution < -0.4 is 4.90 Å². The number of benzene rings is 2. The van der Waals surface area contributed by atoms with Crippen LogP contribution in [-0.4, -0.2) is 49.4 Å². The van der Waals surface area contributed by atoms with Gasteiger partial charge in [0.15, 0.2) is 5.71 Å². The van der Waals surface area contributed by atoms with Crippen molar-refractivity contribution in [3.05, 3.63) is 89.5 Å². The van der Waals surface area contributed by atoms with Crippen LogP contribution in [0.15, 0.2) is 83.3 Å². The molecule has 1 N–H and O–H groups in total. The van der Waals surface area contributed by atoms with Crippen LogP contribution in [0.5, 0.6) is 0 Å². The largest absolute Gasteiger partial charge is 0.372 e. The third-order valence-corrected chi connectivity index (χ3v) is 6.92. The quantitative estimate of drug-likeness (QED) is 0.430. The van der Waals surface area contributed by atoms with Gasteiger partial charge in [0.2, 0.25) is 0 Å². The van der Waals surface area contributed by atoms with Crippen LogP contribution in [0.1, 0.15) is 38.8 Å². The molecule has 2 aromatic carbocycles. The highest BCUT2D eigenvalue weighted by molar-refractivity contribution is 7.86. The number of hydrogen-bond acceptors (Lipinski definition) is 3. The molecule has 0 bridgehead atoms. The summed E-state index contributed by atoms with van der Waals surface area (Å²) < 4.78 is 36.6. The van der Waals surface area contributed by atoms with E-state index in [1.807, 2.05) is 24.3 Å². The first kappa shape index (κ1) is 24.7. The minimum atomic E-state index is -4.39. The Kier molecular flexibility index (Phi) is 8.06. The summed E-state index contributed by atoms with van der Waals surface area (Å²) in [6.07, 6.45) is 8.15. The molecule has 174 valence electrons. The molecular weight excluding hydrogens is 432 g/mol. The van der Waals surface area contributed by atoms with Gasteiger partial charge in [-0.2, -0.15) is 8.42 Å². The van der Waals surface area contributed by atoms with Crippen LogP contribution in [-0.2, 0) is 10.1 Å². The van der Waals surface area contributed by atoms with E-state index >= 15 is 0 Å². The number of rotatable bonds is 8. The number of allylic oxidation sites excluding steroid dienone is 5. The van der Waals surface area contributed by atoms with E-state index in [4.69, 9.17) is 0 Å². The third kappa shape index (κ3) is 5.52. The molecule has 0 saturated carbocycles. The van der Waals surface area contributed by atoms with Crippen molar-refractivity contribution in [1.29, 1.82) is 0 Å². The van der Waals surface area contributed by atoms with Crippen LogP contribution in [0.4, 0.5) is 5.69 Å². The molecule has 0 fully saturated rings. The van der Waals surface area contributed by atoms with E-state index in [0.29, 0.717) is 5.56 Å². The summed E-state index contributed by atoms with van der Waals surface area (Å²) in [4.78, 5) is 2.16. The Bertz CT molecular complexity index is 1190. The second kappa shape index (κ2) is 10.8. The second-order valence-corrected chi connectivity index (χ2v) is 9.17. The molecule has 0 radical (unpaired) electrons. The van der Waals surface area contributed by atoms with Gasteiger partial charge in [0.25, 0.3) is 10.1 Å². The normalized spacial score (nSPS) is 13.4. The Labute approximate surface area is 197 Å². The first-order valence-corrected chi connectivity index (χ1v) is 12.9. The van der Waals surface area contributed by atoms with Gasteiger partial charge in [-0.25, -0.2) is 4.58 Å². The maximum Gasteiger partial charge on any atom is 0.295 e. The van der Waals surface area contributed by atoms with Gasteiger partial charge in [-0.05, 0) is 74.8 Å². The van der Waals surface area contributed by atoms with Gasteiger partial charge in [-0.15, -0.1) is 0 Å². The van der Waals surface area contributed by atoms with Crippen LogP contribution in [0.3, 0.4) is 0 Å². The molecule has 0 aliphatic heterocycles. The second-order valence-electron chi connectivity index (χ2n) is 7.78. The van der Waals surface area contributed by atoms with Crippen molar-refractivity contribution in [3.63, 3.8) is 0 Å². The van der Waals surface area contributed by atoms with E-state index in [2.05, 4.69) is 61.5 Å². The highest BCUT2D eigenvalue weighted by Gasteiger charge is 2.21. The zero-order chi connectivity index (χ0) is 24.0. The third-order valence-electron chi connectivity index (χ3n) is 6.00. The van der Waals surface area contributed by atoms with E-state index in [0.717, 1.165) is 54.3 Å². The average Bonchev–Trinajstić information content (AvgIpc) is 2.82. The molecule has 3 rings (SSSR count). The van der Waals surface area contributed by atoms with E-state index in [1.54, 1.807) is 18.2 Å². The van der Waals surface area contributed by atoms with Crippen LogP contribution in [0.2, 0.25) is 0 Å². The van der Waals surface area contributed by atoms with Crippen molar-refractivity contribution < 1.29 is 17.5 Å². The smallest absolute Gasteiger partial charge is 0.295 e. The van der Waals surface area contributed by atoms with E-state index < -0.39 is 10.1 Å². The van der Waals surface area contributed by atoms with Gasteiger partial charge in [0.05, 0.1) is 0 Å². The van der Waals surface area contributed by atoms with Gasteiger partial charge in [0, 0.05) is 36.5 Å². The maximum atomic E-state index is 12.2. The minimum Gasteiger partial charge on any atom is -0.372 e. The maximum absolute atomic E-state index is 12.2. The molecule has 1 aliphatic rings. The van der Waals surface area contributed by atoms with E-state index in [1.165, 1.54) is 6.07 Å². The van der Waals surface area contributed by atoms with Gasteiger partial charge in [-0.1, -0.05) is 30.3 Å². The molecule has 0 spiro atoms. The number of hydrogen-bond donors (Lipinski definition) is 1. The molecule has 0 saturated heterocycles. The van der Waals surface area contributed by atoms with Crippen molar-refractivity contribution >= 4 is 27.1 Å². The lowest BCUT2D eigenvalue weighted by molar-refractivity contribution is -0.519. The van der Waals surface area contributed by atoms with Crippen molar-refractivity contribution in [2.75, 3.05) is 31.1 Å².